The first kappa shape index (κ1) is 11.1. The summed E-state index contributed by atoms with van der Waals surface area (Å²) < 4.78 is 12.9. The number of allylic oxidation sites excluding steroid dienone is 1. The molecule has 0 saturated heterocycles. The predicted octanol–water partition coefficient (Wildman–Crippen LogP) is 3.91. The van der Waals surface area contributed by atoms with E-state index in [0.29, 0.717) is 5.56 Å². The lowest BCUT2D eigenvalue weighted by Gasteiger charge is -2.09. The lowest BCUT2D eigenvalue weighted by Crippen LogP contribution is -1.90. The van der Waals surface area contributed by atoms with Crippen molar-refractivity contribution in [1.29, 1.82) is 0 Å². The minimum absolute atomic E-state index is 0.111. The van der Waals surface area contributed by atoms with E-state index in [-0.39, 0.29) is 10.8 Å². The second-order valence-corrected chi connectivity index (χ2v) is 3.68. The topological polar surface area (TPSA) is 20.2 Å². The van der Waals surface area contributed by atoms with Gasteiger partial charge in [-0.3, -0.25) is 0 Å². The molecule has 0 heterocycles. The summed E-state index contributed by atoms with van der Waals surface area (Å²) >= 11 is 5.83. The number of aromatic hydroxyl groups is 1. The van der Waals surface area contributed by atoms with Crippen LogP contribution in [0.25, 0.3) is 5.03 Å². The molecule has 0 aromatic heterocycles. The molecule has 1 aromatic carbocycles. The van der Waals surface area contributed by atoms with Crippen LogP contribution < -0.4 is 0 Å². The summed E-state index contributed by atoms with van der Waals surface area (Å²) in [5, 5.41) is 9.40. The fourth-order valence-electron chi connectivity index (χ4n) is 1.46. The zero-order valence-corrected chi connectivity index (χ0v) is 9.11. The van der Waals surface area contributed by atoms with Gasteiger partial charge in [0.1, 0.15) is 11.6 Å². The Kier molecular flexibility index (Phi) is 3.17. The lowest BCUT2D eigenvalue weighted by molar-refractivity contribution is 0.474. The van der Waals surface area contributed by atoms with E-state index in [9.17, 15) is 9.50 Å². The maximum atomic E-state index is 12.9. The Morgan fingerprint density at radius 3 is 2.07 bits per heavy atom. The molecule has 1 rings (SSSR count). The van der Waals surface area contributed by atoms with Gasteiger partial charge in [-0.2, -0.15) is 0 Å². The van der Waals surface area contributed by atoms with Gasteiger partial charge in [-0.25, -0.2) is 4.39 Å². The van der Waals surface area contributed by atoms with Gasteiger partial charge in [0.2, 0.25) is 0 Å². The third kappa shape index (κ3) is 2.07. The molecule has 0 unspecified atom stereocenters. The number of rotatable bonds is 1. The number of halogens is 2. The van der Waals surface area contributed by atoms with Crippen molar-refractivity contribution in [2.24, 2.45) is 0 Å². The molecule has 1 nitrogen and oxygen atoms in total. The molecule has 0 saturated carbocycles. The summed E-state index contributed by atoms with van der Waals surface area (Å²) in [7, 11) is 0. The zero-order chi connectivity index (χ0) is 10.9. The lowest BCUT2D eigenvalue weighted by atomic mass is 10.0. The number of benzene rings is 1. The van der Waals surface area contributed by atoms with Crippen LogP contribution in [-0.2, 0) is 0 Å². The van der Waals surface area contributed by atoms with E-state index < -0.39 is 5.83 Å². The normalized spacial score (nSPS) is 12.6. The van der Waals surface area contributed by atoms with Crippen molar-refractivity contribution in [1.82, 2.24) is 0 Å². The summed E-state index contributed by atoms with van der Waals surface area (Å²) in [6, 6.07) is 3.13. The van der Waals surface area contributed by atoms with Crippen molar-refractivity contribution >= 4 is 16.6 Å². The van der Waals surface area contributed by atoms with Crippen LogP contribution in [0.15, 0.2) is 18.0 Å². The van der Waals surface area contributed by atoms with E-state index in [4.69, 9.17) is 11.6 Å². The van der Waals surface area contributed by atoms with Crippen LogP contribution >= 0.6 is 11.6 Å². The minimum atomic E-state index is -0.413. The van der Waals surface area contributed by atoms with Gasteiger partial charge >= 0.3 is 0 Å². The first-order chi connectivity index (χ1) is 6.43. The van der Waals surface area contributed by atoms with E-state index in [1.807, 2.05) is 0 Å². The van der Waals surface area contributed by atoms with Crippen molar-refractivity contribution in [3.05, 3.63) is 34.6 Å². The molecule has 0 atom stereocenters. The Labute approximate surface area is 87.8 Å². The highest BCUT2D eigenvalue weighted by molar-refractivity contribution is 6.49. The standard InChI is InChI=1S/C11H12ClFO/c1-6-4-9(14)5-7(2)10(6)11(12)8(3)13/h4-5,14H,1-3H3/b11-8-. The van der Waals surface area contributed by atoms with Crippen molar-refractivity contribution in [2.45, 2.75) is 20.8 Å². The summed E-state index contributed by atoms with van der Waals surface area (Å²) in [4.78, 5) is 0. The Bertz CT molecular complexity index is 369. The van der Waals surface area contributed by atoms with E-state index >= 15 is 0 Å². The minimum Gasteiger partial charge on any atom is -0.508 e. The third-order valence-corrected chi connectivity index (χ3v) is 2.49. The third-order valence-electron chi connectivity index (χ3n) is 2.04. The van der Waals surface area contributed by atoms with Gasteiger partial charge in [0.25, 0.3) is 0 Å². The van der Waals surface area contributed by atoms with Crippen LogP contribution in [0.4, 0.5) is 4.39 Å². The molecule has 76 valence electrons. The van der Waals surface area contributed by atoms with E-state index in [1.54, 1.807) is 26.0 Å². The second-order valence-electron chi connectivity index (χ2n) is 3.30. The number of hydrogen-bond acceptors (Lipinski definition) is 1. The largest absolute Gasteiger partial charge is 0.508 e. The van der Waals surface area contributed by atoms with E-state index in [2.05, 4.69) is 0 Å². The summed E-state index contributed by atoms with van der Waals surface area (Å²) in [6.07, 6.45) is 0. The first-order valence-electron chi connectivity index (χ1n) is 4.26. The fraction of sp³-hybridized carbons (Fsp3) is 0.273. The number of phenolic OH excluding ortho intramolecular Hbond substituents is 1. The molecule has 0 aliphatic carbocycles. The number of aryl methyl sites for hydroxylation is 2. The average molecular weight is 215 g/mol. The molecule has 0 radical (unpaired) electrons. The number of phenols is 1. The van der Waals surface area contributed by atoms with Crippen molar-refractivity contribution < 1.29 is 9.50 Å². The quantitative estimate of drug-likeness (QED) is 0.752. The monoisotopic (exact) mass is 214 g/mol. The summed E-state index contributed by atoms with van der Waals surface area (Å²) in [6.45, 7) is 4.88. The highest BCUT2D eigenvalue weighted by Gasteiger charge is 2.10. The van der Waals surface area contributed by atoms with Crippen LogP contribution in [0.5, 0.6) is 5.75 Å². The van der Waals surface area contributed by atoms with Crippen molar-refractivity contribution in [3.63, 3.8) is 0 Å². The maximum Gasteiger partial charge on any atom is 0.116 e. The van der Waals surface area contributed by atoms with Crippen LogP contribution in [0.1, 0.15) is 23.6 Å². The van der Waals surface area contributed by atoms with Crippen LogP contribution in [0.2, 0.25) is 0 Å². The first-order valence-corrected chi connectivity index (χ1v) is 4.63. The number of hydrogen-bond donors (Lipinski definition) is 1. The Balaban J connectivity index is 3.43. The SMILES string of the molecule is C/C(F)=C(/Cl)c1c(C)cc(O)cc1C. The van der Waals surface area contributed by atoms with Gasteiger partial charge in [-0.05, 0) is 44.0 Å². The molecule has 0 fully saturated rings. The average Bonchev–Trinajstić information content (AvgIpc) is 2.01. The van der Waals surface area contributed by atoms with Gasteiger partial charge in [0.15, 0.2) is 0 Å². The summed E-state index contributed by atoms with van der Waals surface area (Å²) in [5.41, 5.74) is 2.19. The maximum absolute atomic E-state index is 12.9. The van der Waals surface area contributed by atoms with Gasteiger partial charge in [-0.15, -0.1) is 0 Å². The molecule has 1 aromatic rings. The second kappa shape index (κ2) is 4.01. The highest BCUT2D eigenvalue weighted by Crippen LogP contribution is 2.31. The molecule has 0 spiro atoms. The van der Waals surface area contributed by atoms with Crippen LogP contribution in [0.3, 0.4) is 0 Å². The van der Waals surface area contributed by atoms with Gasteiger partial charge < -0.3 is 5.11 Å². The molecule has 14 heavy (non-hydrogen) atoms. The van der Waals surface area contributed by atoms with Gasteiger partial charge in [0, 0.05) is 5.56 Å². The molecule has 1 N–H and O–H groups in total. The molecule has 0 bridgehead atoms. The van der Waals surface area contributed by atoms with E-state index in [1.165, 1.54) is 6.92 Å². The van der Waals surface area contributed by atoms with Crippen LogP contribution in [0, 0.1) is 13.8 Å². The van der Waals surface area contributed by atoms with Gasteiger partial charge in [0.05, 0.1) is 5.03 Å². The molecular weight excluding hydrogens is 203 g/mol. The van der Waals surface area contributed by atoms with E-state index in [0.717, 1.165) is 11.1 Å². The highest BCUT2D eigenvalue weighted by atomic mass is 35.5. The molecule has 3 heteroatoms. The fourth-order valence-corrected chi connectivity index (χ4v) is 1.76. The molecule has 0 aliphatic heterocycles. The molecule has 0 aliphatic rings. The Morgan fingerprint density at radius 2 is 1.71 bits per heavy atom. The Hall–Kier alpha value is -1.02. The van der Waals surface area contributed by atoms with Crippen molar-refractivity contribution in [3.8, 4) is 5.75 Å². The zero-order valence-electron chi connectivity index (χ0n) is 8.36. The smallest absolute Gasteiger partial charge is 0.116 e. The predicted molar refractivity (Wildman–Crippen MR) is 57.1 cm³/mol. The van der Waals surface area contributed by atoms with Crippen molar-refractivity contribution in [2.75, 3.05) is 0 Å². The molecular formula is C11H12ClFO. The Morgan fingerprint density at radius 1 is 1.29 bits per heavy atom. The molecule has 0 amide bonds. The van der Waals surface area contributed by atoms with Gasteiger partial charge in [-0.1, -0.05) is 11.6 Å². The summed E-state index contributed by atoms with van der Waals surface area (Å²) in [5.74, 6) is -0.242. The van der Waals surface area contributed by atoms with Crippen LogP contribution in [-0.4, -0.2) is 5.11 Å².